The predicted molar refractivity (Wildman–Crippen MR) is 95.2 cm³/mol. The number of thiazole rings is 1. The number of aryl methyl sites for hydroxylation is 1. The summed E-state index contributed by atoms with van der Waals surface area (Å²) in [5.74, 6) is 0.0236. The summed E-state index contributed by atoms with van der Waals surface area (Å²) >= 11 is 1.75. The first-order valence-electron chi connectivity index (χ1n) is 8.32. The molecule has 1 saturated heterocycles. The lowest BCUT2D eigenvalue weighted by Crippen LogP contribution is -2.46. The molecular formula is C18H24FN3OS. The molecule has 6 heteroatoms. The Kier molecular flexibility index (Phi) is 5.81. The largest absolute Gasteiger partial charge is 0.494 e. The third kappa shape index (κ3) is 4.32. The fourth-order valence-electron chi connectivity index (χ4n) is 3.06. The molecule has 4 nitrogen and oxygen atoms in total. The van der Waals surface area contributed by atoms with Crippen LogP contribution in [-0.2, 0) is 13.0 Å². The number of methoxy groups -OCH3 is 1. The number of benzene rings is 1. The van der Waals surface area contributed by atoms with Crippen LogP contribution in [0.4, 0.5) is 4.39 Å². The molecule has 0 radical (unpaired) electrons. The maximum Gasteiger partial charge on any atom is 0.165 e. The van der Waals surface area contributed by atoms with Gasteiger partial charge in [-0.25, -0.2) is 9.37 Å². The highest BCUT2D eigenvalue weighted by atomic mass is 32.1. The lowest BCUT2D eigenvalue weighted by Gasteiger charge is -2.34. The zero-order chi connectivity index (χ0) is 16.9. The molecule has 1 fully saturated rings. The molecule has 0 unspecified atom stereocenters. The van der Waals surface area contributed by atoms with Gasteiger partial charge in [-0.15, -0.1) is 11.3 Å². The summed E-state index contributed by atoms with van der Waals surface area (Å²) in [5.41, 5.74) is 4.10. The van der Waals surface area contributed by atoms with Crippen LogP contribution in [0.2, 0.25) is 0 Å². The van der Waals surface area contributed by atoms with Gasteiger partial charge in [-0.2, -0.15) is 0 Å². The minimum absolute atomic E-state index is 0.284. The fraction of sp³-hybridized carbons (Fsp3) is 0.500. The van der Waals surface area contributed by atoms with Crippen LogP contribution in [0.5, 0.6) is 5.75 Å². The number of ether oxygens (including phenoxy) is 1. The van der Waals surface area contributed by atoms with E-state index in [2.05, 4.69) is 21.7 Å². The van der Waals surface area contributed by atoms with Gasteiger partial charge >= 0.3 is 0 Å². The van der Waals surface area contributed by atoms with Gasteiger partial charge in [0.25, 0.3) is 0 Å². The molecule has 0 atom stereocenters. The predicted octanol–water partition coefficient (Wildman–Crippen LogP) is 2.96. The maximum atomic E-state index is 13.8. The van der Waals surface area contributed by atoms with E-state index in [-0.39, 0.29) is 5.82 Å². The number of rotatable bonds is 6. The van der Waals surface area contributed by atoms with Crippen molar-refractivity contribution in [1.29, 1.82) is 0 Å². The molecule has 0 spiro atoms. The summed E-state index contributed by atoms with van der Waals surface area (Å²) in [6.07, 6.45) is 1.08. The van der Waals surface area contributed by atoms with Crippen molar-refractivity contribution in [3.05, 3.63) is 45.7 Å². The lowest BCUT2D eigenvalue weighted by molar-refractivity contribution is 0.128. The lowest BCUT2D eigenvalue weighted by atomic mass is 10.1. The smallest absolute Gasteiger partial charge is 0.165 e. The van der Waals surface area contributed by atoms with Crippen molar-refractivity contribution in [2.45, 2.75) is 19.9 Å². The molecule has 1 aromatic carbocycles. The van der Waals surface area contributed by atoms with E-state index in [1.165, 1.54) is 17.7 Å². The number of piperazine rings is 1. The molecule has 0 amide bonds. The first-order chi connectivity index (χ1) is 11.7. The molecule has 24 heavy (non-hydrogen) atoms. The van der Waals surface area contributed by atoms with E-state index in [9.17, 15) is 4.39 Å². The molecule has 2 heterocycles. The molecular weight excluding hydrogens is 325 g/mol. The Bertz CT molecular complexity index is 668. The number of aromatic nitrogens is 1. The standard InChI is InChI=1S/C18H24FN3OS/c1-14-18(24-13-20-14)5-6-21-7-9-22(10-8-21)12-15-3-4-17(23-2)16(19)11-15/h3-4,11,13H,5-10,12H2,1-2H3. The fourth-order valence-corrected chi connectivity index (χ4v) is 3.83. The minimum Gasteiger partial charge on any atom is -0.494 e. The second kappa shape index (κ2) is 8.05. The van der Waals surface area contributed by atoms with Gasteiger partial charge in [0.05, 0.1) is 18.3 Å². The van der Waals surface area contributed by atoms with Gasteiger partial charge in [0.2, 0.25) is 0 Å². The van der Waals surface area contributed by atoms with E-state index in [0.29, 0.717) is 5.75 Å². The topological polar surface area (TPSA) is 28.6 Å². The highest BCUT2D eigenvalue weighted by Crippen LogP contribution is 2.19. The zero-order valence-electron chi connectivity index (χ0n) is 14.3. The van der Waals surface area contributed by atoms with Crippen molar-refractivity contribution in [2.24, 2.45) is 0 Å². The number of hydrogen-bond acceptors (Lipinski definition) is 5. The molecule has 2 aromatic rings. The Morgan fingerprint density at radius 1 is 1.21 bits per heavy atom. The van der Waals surface area contributed by atoms with Crippen LogP contribution in [0.25, 0.3) is 0 Å². The van der Waals surface area contributed by atoms with Crippen molar-refractivity contribution in [1.82, 2.24) is 14.8 Å². The van der Waals surface area contributed by atoms with Gasteiger partial charge in [0.15, 0.2) is 11.6 Å². The summed E-state index contributed by atoms with van der Waals surface area (Å²) in [6.45, 7) is 8.14. The van der Waals surface area contributed by atoms with Crippen LogP contribution in [0.15, 0.2) is 23.7 Å². The number of nitrogens with zero attached hydrogens (tertiary/aromatic N) is 3. The molecule has 0 saturated carbocycles. The van der Waals surface area contributed by atoms with Crippen LogP contribution in [-0.4, -0.2) is 54.6 Å². The highest BCUT2D eigenvalue weighted by Gasteiger charge is 2.17. The highest BCUT2D eigenvalue weighted by molar-refractivity contribution is 7.09. The third-order valence-electron chi connectivity index (χ3n) is 4.59. The Hall–Kier alpha value is -1.50. The Labute approximate surface area is 146 Å². The molecule has 130 valence electrons. The number of hydrogen-bond donors (Lipinski definition) is 0. The third-order valence-corrected chi connectivity index (χ3v) is 5.58. The summed E-state index contributed by atoms with van der Waals surface area (Å²) in [5, 5.41) is 0. The second-order valence-corrected chi connectivity index (χ2v) is 7.14. The SMILES string of the molecule is COc1ccc(CN2CCN(CCc3scnc3C)CC2)cc1F. The summed E-state index contributed by atoms with van der Waals surface area (Å²) in [4.78, 5) is 10.6. The normalized spacial score (nSPS) is 16.5. The van der Waals surface area contributed by atoms with E-state index in [1.807, 2.05) is 11.6 Å². The molecule has 1 aromatic heterocycles. The molecule has 1 aliphatic rings. The van der Waals surface area contributed by atoms with E-state index in [1.54, 1.807) is 23.5 Å². The summed E-state index contributed by atoms with van der Waals surface area (Å²) in [6, 6.07) is 5.23. The second-order valence-electron chi connectivity index (χ2n) is 6.20. The van der Waals surface area contributed by atoms with Crippen LogP contribution in [0.3, 0.4) is 0 Å². The van der Waals surface area contributed by atoms with Gasteiger partial charge in [0, 0.05) is 44.1 Å². The quantitative estimate of drug-likeness (QED) is 0.802. The van der Waals surface area contributed by atoms with Gasteiger partial charge in [0.1, 0.15) is 0 Å². The minimum atomic E-state index is -0.284. The molecule has 1 aliphatic heterocycles. The van der Waals surface area contributed by atoms with Crippen LogP contribution in [0, 0.1) is 12.7 Å². The zero-order valence-corrected chi connectivity index (χ0v) is 15.1. The molecule has 3 rings (SSSR count). The van der Waals surface area contributed by atoms with Gasteiger partial charge in [-0.3, -0.25) is 4.90 Å². The summed E-state index contributed by atoms with van der Waals surface area (Å²) < 4.78 is 18.7. The van der Waals surface area contributed by atoms with E-state index in [0.717, 1.165) is 51.3 Å². The van der Waals surface area contributed by atoms with Gasteiger partial charge < -0.3 is 9.64 Å². The average Bonchev–Trinajstić information content (AvgIpc) is 2.99. The van der Waals surface area contributed by atoms with Crippen LogP contribution < -0.4 is 4.74 Å². The summed E-state index contributed by atoms with van der Waals surface area (Å²) in [7, 11) is 1.49. The van der Waals surface area contributed by atoms with E-state index >= 15 is 0 Å². The van der Waals surface area contributed by atoms with E-state index in [4.69, 9.17) is 4.74 Å². The maximum absolute atomic E-state index is 13.8. The monoisotopic (exact) mass is 349 g/mol. The van der Waals surface area contributed by atoms with Crippen LogP contribution >= 0.6 is 11.3 Å². The Balaban J connectivity index is 1.45. The average molecular weight is 349 g/mol. The number of halogens is 1. The van der Waals surface area contributed by atoms with Gasteiger partial charge in [-0.1, -0.05) is 6.07 Å². The first kappa shape index (κ1) is 17.3. The Morgan fingerprint density at radius 2 is 1.96 bits per heavy atom. The van der Waals surface area contributed by atoms with E-state index < -0.39 is 0 Å². The molecule has 0 aliphatic carbocycles. The first-order valence-corrected chi connectivity index (χ1v) is 9.20. The van der Waals surface area contributed by atoms with Gasteiger partial charge in [-0.05, 0) is 31.0 Å². The van der Waals surface area contributed by atoms with Crippen molar-refractivity contribution in [2.75, 3.05) is 39.8 Å². The Morgan fingerprint density at radius 3 is 2.58 bits per heavy atom. The molecule has 0 bridgehead atoms. The van der Waals surface area contributed by atoms with Crippen molar-refractivity contribution in [3.8, 4) is 5.75 Å². The van der Waals surface area contributed by atoms with Crippen molar-refractivity contribution in [3.63, 3.8) is 0 Å². The van der Waals surface area contributed by atoms with Crippen molar-refractivity contribution < 1.29 is 9.13 Å². The molecule has 0 N–H and O–H groups in total. The van der Waals surface area contributed by atoms with Crippen molar-refractivity contribution >= 4 is 11.3 Å². The van der Waals surface area contributed by atoms with Crippen LogP contribution in [0.1, 0.15) is 16.1 Å².